The van der Waals surface area contributed by atoms with Gasteiger partial charge < -0.3 is 14.2 Å². The molecule has 7 nitrogen and oxygen atoms in total. The first-order valence-electron chi connectivity index (χ1n) is 8.01. The Morgan fingerprint density at radius 3 is 2.96 bits per heavy atom. The van der Waals surface area contributed by atoms with Crippen molar-refractivity contribution < 1.29 is 14.1 Å². The Bertz CT molecular complexity index is 693. The molecule has 7 heteroatoms. The monoisotopic (exact) mass is 330 g/mol. The van der Waals surface area contributed by atoms with Gasteiger partial charge >= 0.3 is 6.03 Å². The standard InChI is InChI=1S/C17H22N4O3/c1-17(2,3)14-9-15(20-24-14)19-16(22)21-8-6-13(11-21)23-12-5-4-7-18-10-12/h4-5,7,9-10,13H,6,8,11H2,1-3H3,(H,19,20,22). The third-order valence-electron chi connectivity index (χ3n) is 3.85. The fourth-order valence-corrected chi connectivity index (χ4v) is 2.49. The molecule has 0 bridgehead atoms. The van der Waals surface area contributed by atoms with E-state index in [4.69, 9.17) is 9.26 Å². The zero-order valence-corrected chi connectivity index (χ0v) is 14.2. The molecular weight excluding hydrogens is 308 g/mol. The molecule has 0 spiro atoms. The fourth-order valence-electron chi connectivity index (χ4n) is 2.49. The molecule has 1 unspecified atom stereocenters. The van der Waals surface area contributed by atoms with E-state index < -0.39 is 0 Å². The van der Waals surface area contributed by atoms with Gasteiger partial charge in [-0.2, -0.15) is 0 Å². The molecule has 1 N–H and O–H groups in total. The Balaban J connectivity index is 1.54. The van der Waals surface area contributed by atoms with Crippen LogP contribution in [-0.2, 0) is 5.41 Å². The van der Waals surface area contributed by atoms with Crippen molar-refractivity contribution >= 4 is 11.8 Å². The molecule has 0 aliphatic carbocycles. The summed E-state index contributed by atoms with van der Waals surface area (Å²) in [5, 5.41) is 6.68. The van der Waals surface area contributed by atoms with Crippen molar-refractivity contribution in [1.82, 2.24) is 15.0 Å². The van der Waals surface area contributed by atoms with Gasteiger partial charge in [-0.3, -0.25) is 10.3 Å². The van der Waals surface area contributed by atoms with E-state index in [0.717, 1.165) is 17.9 Å². The van der Waals surface area contributed by atoms with E-state index in [1.54, 1.807) is 23.4 Å². The van der Waals surface area contributed by atoms with E-state index in [2.05, 4.69) is 15.5 Å². The maximum Gasteiger partial charge on any atom is 0.323 e. The average molecular weight is 330 g/mol. The Kier molecular flexibility index (Phi) is 4.42. The van der Waals surface area contributed by atoms with Gasteiger partial charge in [0.2, 0.25) is 0 Å². The number of carbonyl (C=O) groups is 1. The Morgan fingerprint density at radius 1 is 1.46 bits per heavy atom. The van der Waals surface area contributed by atoms with Crippen LogP contribution in [0.1, 0.15) is 33.0 Å². The molecule has 0 aromatic carbocycles. The second-order valence-corrected chi connectivity index (χ2v) is 6.92. The summed E-state index contributed by atoms with van der Waals surface area (Å²) in [4.78, 5) is 18.1. The van der Waals surface area contributed by atoms with Gasteiger partial charge in [0.05, 0.1) is 12.7 Å². The summed E-state index contributed by atoms with van der Waals surface area (Å²) in [6.07, 6.45) is 4.13. The highest BCUT2D eigenvalue weighted by Gasteiger charge is 2.28. The van der Waals surface area contributed by atoms with Crippen molar-refractivity contribution in [2.45, 2.75) is 38.7 Å². The molecule has 1 aliphatic heterocycles. The lowest BCUT2D eigenvalue weighted by Gasteiger charge is -2.17. The maximum atomic E-state index is 12.3. The van der Waals surface area contributed by atoms with Crippen molar-refractivity contribution in [2.24, 2.45) is 0 Å². The second-order valence-electron chi connectivity index (χ2n) is 6.92. The van der Waals surface area contributed by atoms with E-state index in [-0.39, 0.29) is 17.6 Å². The number of anilines is 1. The van der Waals surface area contributed by atoms with Crippen LogP contribution < -0.4 is 10.1 Å². The Hall–Kier alpha value is -2.57. The summed E-state index contributed by atoms with van der Waals surface area (Å²) in [7, 11) is 0. The molecule has 1 aliphatic rings. The van der Waals surface area contributed by atoms with E-state index >= 15 is 0 Å². The lowest BCUT2D eigenvalue weighted by atomic mass is 9.93. The highest BCUT2D eigenvalue weighted by molar-refractivity contribution is 5.88. The lowest BCUT2D eigenvalue weighted by molar-refractivity contribution is 0.194. The smallest absolute Gasteiger partial charge is 0.323 e. The predicted octanol–water partition coefficient (Wildman–Crippen LogP) is 3.05. The minimum atomic E-state index is -0.193. The summed E-state index contributed by atoms with van der Waals surface area (Å²) in [5.74, 6) is 1.88. The zero-order valence-electron chi connectivity index (χ0n) is 14.2. The van der Waals surface area contributed by atoms with Gasteiger partial charge in [-0.25, -0.2) is 4.79 Å². The first-order valence-corrected chi connectivity index (χ1v) is 8.01. The number of carbonyl (C=O) groups excluding carboxylic acids is 1. The SMILES string of the molecule is CC(C)(C)c1cc(NC(=O)N2CCC(Oc3cccnc3)C2)no1. The van der Waals surface area contributed by atoms with Crippen LogP contribution in [0.25, 0.3) is 0 Å². The summed E-state index contributed by atoms with van der Waals surface area (Å²) in [5.41, 5.74) is -0.147. The zero-order chi connectivity index (χ0) is 17.2. The van der Waals surface area contributed by atoms with Gasteiger partial charge in [-0.1, -0.05) is 25.9 Å². The Labute approximate surface area is 141 Å². The number of nitrogens with one attached hydrogen (secondary N) is 1. The minimum absolute atomic E-state index is 0.0256. The molecule has 0 saturated carbocycles. The Morgan fingerprint density at radius 2 is 2.29 bits per heavy atom. The minimum Gasteiger partial charge on any atom is -0.487 e. The van der Waals surface area contributed by atoms with Crippen LogP contribution in [0.15, 0.2) is 35.1 Å². The van der Waals surface area contributed by atoms with Crippen LogP contribution in [0.3, 0.4) is 0 Å². The number of hydrogen-bond acceptors (Lipinski definition) is 5. The summed E-state index contributed by atoms with van der Waals surface area (Å²) >= 11 is 0. The van der Waals surface area contributed by atoms with Crippen molar-refractivity contribution in [3.63, 3.8) is 0 Å². The van der Waals surface area contributed by atoms with Crippen molar-refractivity contribution in [2.75, 3.05) is 18.4 Å². The topological polar surface area (TPSA) is 80.5 Å². The maximum absolute atomic E-state index is 12.3. The number of rotatable bonds is 3. The van der Waals surface area contributed by atoms with Crippen LogP contribution in [0, 0.1) is 0 Å². The van der Waals surface area contributed by atoms with Gasteiger partial charge in [0.15, 0.2) is 5.82 Å². The van der Waals surface area contributed by atoms with Crippen LogP contribution in [0.4, 0.5) is 10.6 Å². The van der Waals surface area contributed by atoms with Gasteiger partial charge in [-0.05, 0) is 12.1 Å². The average Bonchev–Trinajstić information content (AvgIpc) is 3.17. The molecule has 128 valence electrons. The molecule has 0 radical (unpaired) electrons. The summed E-state index contributed by atoms with van der Waals surface area (Å²) in [6, 6.07) is 5.25. The number of ether oxygens (including phenoxy) is 1. The van der Waals surface area contributed by atoms with Gasteiger partial charge in [0.1, 0.15) is 17.6 Å². The summed E-state index contributed by atoms with van der Waals surface area (Å²) < 4.78 is 11.1. The molecule has 1 saturated heterocycles. The van der Waals surface area contributed by atoms with Crippen LogP contribution in [-0.4, -0.2) is 40.3 Å². The molecule has 2 aromatic heterocycles. The van der Waals surface area contributed by atoms with Crippen molar-refractivity contribution in [1.29, 1.82) is 0 Å². The normalized spacial score (nSPS) is 17.8. The number of amides is 2. The highest BCUT2D eigenvalue weighted by Crippen LogP contribution is 2.25. The van der Waals surface area contributed by atoms with Gasteiger partial charge in [0, 0.05) is 30.6 Å². The van der Waals surface area contributed by atoms with Gasteiger partial charge in [0.25, 0.3) is 0 Å². The van der Waals surface area contributed by atoms with Crippen LogP contribution in [0.5, 0.6) is 5.75 Å². The molecule has 1 atom stereocenters. The van der Waals surface area contributed by atoms with E-state index in [9.17, 15) is 4.79 Å². The second kappa shape index (κ2) is 6.51. The van der Waals surface area contributed by atoms with E-state index in [0.29, 0.717) is 18.9 Å². The molecule has 2 aromatic rings. The largest absolute Gasteiger partial charge is 0.487 e. The van der Waals surface area contributed by atoms with E-state index in [1.807, 2.05) is 32.9 Å². The van der Waals surface area contributed by atoms with Crippen LogP contribution in [0.2, 0.25) is 0 Å². The quantitative estimate of drug-likeness (QED) is 0.935. The van der Waals surface area contributed by atoms with Crippen molar-refractivity contribution in [3.05, 3.63) is 36.4 Å². The first-order chi connectivity index (χ1) is 11.4. The highest BCUT2D eigenvalue weighted by atomic mass is 16.5. The van der Waals surface area contributed by atoms with E-state index in [1.165, 1.54) is 0 Å². The van der Waals surface area contributed by atoms with Gasteiger partial charge in [-0.15, -0.1) is 0 Å². The predicted molar refractivity (Wildman–Crippen MR) is 89.1 cm³/mol. The third kappa shape index (κ3) is 3.84. The lowest BCUT2D eigenvalue weighted by Crippen LogP contribution is -2.34. The number of likely N-dealkylation sites (tertiary alicyclic amines) is 1. The molecule has 24 heavy (non-hydrogen) atoms. The fraction of sp³-hybridized carbons (Fsp3) is 0.471. The number of nitrogens with zero attached hydrogens (tertiary/aromatic N) is 3. The molecular formula is C17H22N4O3. The summed E-state index contributed by atoms with van der Waals surface area (Å²) in [6.45, 7) is 7.26. The molecule has 3 rings (SSSR count). The molecule has 2 amide bonds. The van der Waals surface area contributed by atoms with Crippen molar-refractivity contribution in [3.8, 4) is 5.75 Å². The number of urea groups is 1. The first kappa shape index (κ1) is 16.3. The number of pyridine rings is 1. The molecule has 3 heterocycles. The number of hydrogen-bond donors (Lipinski definition) is 1. The third-order valence-corrected chi connectivity index (χ3v) is 3.85. The molecule has 1 fully saturated rings. The number of aromatic nitrogens is 2. The van der Waals surface area contributed by atoms with Crippen LogP contribution >= 0.6 is 0 Å².